The van der Waals surface area contributed by atoms with Crippen molar-refractivity contribution in [1.29, 1.82) is 5.41 Å². The average Bonchev–Trinajstić information content (AvgIpc) is 2.81. The normalized spacial score (nSPS) is 10.2. The van der Waals surface area contributed by atoms with E-state index in [1.807, 2.05) is 11.4 Å². The van der Waals surface area contributed by atoms with Gasteiger partial charge in [-0.05, 0) is 34.1 Å². The minimum atomic E-state index is -0.0115. The Kier molecular flexibility index (Phi) is 4.44. The number of rotatable bonds is 5. The van der Waals surface area contributed by atoms with Crippen molar-refractivity contribution in [3.8, 4) is 11.5 Å². The summed E-state index contributed by atoms with van der Waals surface area (Å²) in [5.41, 5.74) is 6.07. The van der Waals surface area contributed by atoms with Gasteiger partial charge in [0.15, 0.2) is 0 Å². The monoisotopic (exact) mass is 340 g/mol. The second-order valence-corrected chi connectivity index (χ2v) is 5.74. The number of methoxy groups -OCH3 is 1. The van der Waals surface area contributed by atoms with Crippen molar-refractivity contribution in [3.05, 3.63) is 44.6 Å². The lowest BCUT2D eigenvalue weighted by atomic mass is 10.2. The summed E-state index contributed by atoms with van der Waals surface area (Å²) in [5.74, 6) is 1.24. The molecule has 1 aromatic carbocycles. The summed E-state index contributed by atoms with van der Waals surface area (Å²) in [7, 11) is 1.57. The molecule has 19 heavy (non-hydrogen) atoms. The van der Waals surface area contributed by atoms with Crippen LogP contribution in [0.2, 0.25) is 0 Å². The Morgan fingerprint density at radius 2 is 2.05 bits per heavy atom. The summed E-state index contributed by atoms with van der Waals surface area (Å²) in [4.78, 5) is 1.11. The molecule has 0 bridgehead atoms. The van der Waals surface area contributed by atoms with Crippen molar-refractivity contribution in [2.75, 3.05) is 7.11 Å². The molecule has 2 aromatic rings. The van der Waals surface area contributed by atoms with Crippen molar-refractivity contribution in [1.82, 2.24) is 0 Å². The first-order valence-electron chi connectivity index (χ1n) is 5.47. The Hall–Kier alpha value is -1.53. The third-order valence-corrected chi connectivity index (χ3v) is 4.10. The van der Waals surface area contributed by atoms with E-state index in [0.29, 0.717) is 23.7 Å². The van der Waals surface area contributed by atoms with E-state index in [1.54, 1.807) is 36.6 Å². The molecule has 0 amide bonds. The average molecular weight is 341 g/mol. The van der Waals surface area contributed by atoms with Gasteiger partial charge in [-0.1, -0.05) is 0 Å². The molecule has 0 aliphatic carbocycles. The van der Waals surface area contributed by atoms with Gasteiger partial charge in [-0.3, -0.25) is 5.41 Å². The maximum Gasteiger partial charge on any atom is 0.124 e. The maximum atomic E-state index is 7.47. The highest BCUT2D eigenvalue weighted by Gasteiger charge is 2.06. The van der Waals surface area contributed by atoms with E-state index in [2.05, 4.69) is 15.9 Å². The smallest absolute Gasteiger partial charge is 0.124 e. The van der Waals surface area contributed by atoms with Crippen molar-refractivity contribution < 1.29 is 9.47 Å². The number of hydrogen-bond donors (Lipinski definition) is 2. The molecule has 0 atom stereocenters. The van der Waals surface area contributed by atoms with E-state index in [9.17, 15) is 0 Å². The van der Waals surface area contributed by atoms with Crippen molar-refractivity contribution in [3.63, 3.8) is 0 Å². The van der Waals surface area contributed by atoms with Crippen LogP contribution in [0.5, 0.6) is 11.5 Å². The number of nitrogens with two attached hydrogens (primary N) is 1. The highest BCUT2D eigenvalue weighted by Crippen LogP contribution is 2.25. The van der Waals surface area contributed by atoms with Crippen LogP contribution in [0.1, 0.15) is 10.4 Å². The number of hydrogen-bond acceptors (Lipinski definition) is 4. The van der Waals surface area contributed by atoms with E-state index in [4.69, 9.17) is 20.6 Å². The van der Waals surface area contributed by atoms with Gasteiger partial charge in [0.2, 0.25) is 0 Å². The lowest BCUT2D eigenvalue weighted by molar-refractivity contribution is 0.307. The fraction of sp³-hybridized carbons (Fsp3) is 0.154. The number of halogens is 1. The minimum Gasteiger partial charge on any atom is -0.497 e. The molecule has 1 heterocycles. The quantitative estimate of drug-likeness (QED) is 0.647. The second-order valence-electron chi connectivity index (χ2n) is 3.83. The molecule has 0 saturated carbocycles. The molecule has 0 unspecified atom stereocenters. The van der Waals surface area contributed by atoms with Gasteiger partial charge in [-0.2, -0.15) is 0 Å². The number of nitrogens with one attached hydrogen (secondary N) is 1. The number of ether oxygens (including phenoxy) is 2. The Morgan fingerprint density at radius 3 is 2.63 bits per heavy atom. The number of benzene rings is 1. The largest absolute Gasteiger partial charge is 0.497 e. The van der Waals surface area contributed by atoms with Crippen LogP contribution in [0, 0.1) is 5.41 Å². The first-order valence-corrected chi connectivity index (χ1v) is 7.15. The van der Waals surface area contributed by atoms with Gasteiger partial charge < -0.3 is 15.2 Å². The molecule has 0 saturated heterocycles. The predicted octanol–water partition coefficient (Wildman–Crippen LogP) is 3.38. The van der Waals surface area contributed by atoms with E-state index in [-0.39, 0.29) is 5.84 Å². The molecule has 3 N–H and O–H groups in total. The van der Waals surface area contributed by atoms with Gasteiger partial charge in [-0.15, -0.1) is 11.3 Å². The zero-order valence-corrected chi connectivity index (χ0v) is 12.7. The third kappa shape index (κ3) is 3.71. The summed E-state index contributed by atoms with van der Waals surface area (Å²) < 4.78 is 11.9. The van der Waals surface area contributed by atoms with E-state index in [1.165, 1.54) is 0 Å². The van der Waals surface area contributed by atoms with Crippen molar-refractivity contribution in [2.45, 2.75) is 6.61 Å². The van der Waals surface area contributed by atoms with Crippen LogP contribution >= 0.6 is 27.3 Å². The van der Waals surface area contributed by atoms with E-state index < -0.39 is 0 Å². The molecule has 4 nitrogen and oxygen atoms in total. The third-order valence-electron chi connectivity index (χ3n) is 2.43. The molecule has 0 spiro atoms. The molecule has 0 aliphatic heterocycles. The first kappa shape index (κ1) is 13.9. The molecule has 0 aliphatic rings. The summed E-state index contributed by atoms with van der Waals surface area (Å²) in [6, 6.07) is 7.22. The molecule has 0 fully saturated rings. The Morgan fingerprint density at radius 1 is 1.32 bits per heavy atom. The number of amidine groups is 1. The van der Waals surface area contributed by atoms with Crippen LogP contribution in [-0.4, -0.2) is 12.9 Å². The fourth-order valence-corrected chi connectivity index (χ4v) is 2.87. The van der Waals surface area contributed by atoms with Gasteiger partial charge in [0.05, 0.1) is 7.11 Å². The second kappa shape index (κ2) is 6.08. The van der Waals surface area contributed by atoms with Crippen LogP contribution in [0.3, 0.4) is 0 Å². The zero-order valence-electron chi connectivity index (χ0n) is 10.3. The molecule has 6 heteroatoms. The van der Waals surface area contributed by atoms with E-state index in [0.717, 1.165) is 9.35 Å². The van der Waals surface area contributed by atoms with Gasteiger partial charge in [-0.25, -0.2) is 0 Å². The molecule has 100 valence electrons. The van der Waals surface area contributed by atoms with Crippen molar-refractivity contribution in [2.24, 2.45) is 5.73 Å². The number of nitrogen functional groups attached to an aromatic ring is 1. The Balaban J connectivity index is 2.15. The van der Waals surface area contributed by atoms with Gasteiger partial charge in [0, 0.05) is 26.4 Å². The van der Waals surface area contributed by atoms with Gasteiger partial charge in [0.25, 0.3) is 0 Å². The fourth-order valence-electron chi connectivity index (χ4n) is 1.51. The summed E-state index contributed by atoms with van der Waals surface area (Å²) >= 11 is 5.02. The Bertz CT molecular complexity index is 598. The molecule has 0 radical (unpaired) electrons. The maximum absolute atomic E-state index is 7.47. The van der Waals surface area contributed by atoms with Gasteiger partial charge in [0.1, 0.15) is 23.9 Å². The van der Waals surface area contributed by atoms with Crippen LogP contribution in [0.4, 0.5) is 0 Å². The molecular formula is C13H13BrN2O2S. The topological polar surface area (TPSA) is 68.3 Å². The van der Waals surface area contributed by atoms with Crippen molar-refractivity contribution >= 4 is 33.1 Å². The standard InChI is InChI=1S/C13H13BrN2O2S/c1-17-10-2-8(13(15)16)3-11(5-10)18-6-12-4-9(14)7-19-12/h2-5,7H,6H2,1H3,(H3,15,16). The lowest BCUT2D eigenvalue weighted by Gasteiger charge is -2.09. The Labute approximate surface area is 123 Å². The SMILES string of the molecule is COc1cc(OCc2cc(Br)cs2)cc(C(=N)N)c1. The van der Waals surface area contributed by atoms with Crippen LogP contribution in [-0.2, 0) is 6.61 Å². The summed E-state index contributed by atoms with van der Waals surface area (Å²) in [6.07, 6.45) is 0. The molecule has 1 aromatic heterocycles. The highest BCUT2D eigenvalue weighted by molar-refractivity contribution is 9.10. The van der Waals surface area contributed by atoms with E-state index >= 15 is 0 Å². The minimum absolute atomic E-state index is 0.0115. The van der Waals surface area contributed by atoms with Crippen LogP contribution in [0.25, 0.3) is 0 Å². The van der Waals surface area contributed by atoms with Crippen LogP contribution in [0.15, 0.2) is 34.1 Å². The lowest BCUT2D eigenvalue weighted by Crippen LogP contribution is -2.11. The van der Waals surface area contributed by atoms with Gasteiger partial charge >= 0.3 is 0 Å². The van der Waals surface area contributed by atoms with Crippen LogP contribution < -0.4 is 15.2 Å². The number of thiophene rings is 1. The summed E-state index contributed by atoms with van der Waals surface area (Å²) in [5, 5.41) is 9.47. The predicted molar refractivity (Wildman–Crippen MR) is 80.4 cm³/mol. The summed E-state index contributed by atoms with van der Waals surface area (Å²) in [6.45, 7) is 0.473. The first-order chi connectivity index (χ1) is 9.08. The molecular weight excluding hydrogens is 328 g/mol. The zero-order chi connectivity index (χ0) is 13.8. The molecule has 2 rings (SSSR count). The highest BCUT2D eigenvalue weighted by atomic mass is 79.9.